The van der Waals surface area contributed by atoms with Crippen molar-refractivity contribution in [1.29, 1.82) is 0 Å². The van der Waals surface area contributed by atoms with Crippen molar-refractivity contribution in [2.75, 3.05) is 6.54 Å². The van der Waals surface area contributed by atoms with Gasteiger partial charge in [-0.05, 0) is 49.8 Å². The molecule has 3 heterocycles. The Labute approximate surface area is 176 Å². The molecule has 1 aliphatic heterocycles. The summed E-state index contributed by atoms with van der Waals surface area (Å²) in [4.78, 5) is 23.3. The summed E-state index contributed by atoms with van der Waals surface area (Å²) in [5.74, 6) is 1.62. The fraction of sp³-hybridized carbons (Fsp3) is 0.565. The summed E-state index contributed by atoms with van der Waals surface area (Å²) in [7, 11) is 0. The van der Waals surface area contributed by atoms with Crippen LogP contribution in [0.15, 0.2) is 24.4 Å². The summed E-state index contributed by atoms with van der Waals surface area (Å²) < 4.78 is 1.84. The molecular weight excluding hydrogens is 376 g/mol. The maximum Gasteiger partial charge on any atom is 0.276 e. The van der Waals surface area contributed by atoms with Crippen LogP contribution in [0.3, 0.4) is 0 Å². The van der Waals surface area contributed by atoms with Crippen LogP contribution in [0.1, 0.15) is 79.3 Å². The molecule has 1 saturated carbocycles. The summed E-state index contributed by atoms with van der Waals surface area (Å²) >= 11 is 0. The Bertz CT molecular complexity index is 1030. The van der Waals surface area contributed by atoms with Crippen LogP contribution in [-0.2, 0) is 6.54 Å². The van der Waals surface area contributed by atoms with Crippen LogP contribution in [-0.4, -0.2) is 42.3 Å². The van der Waals surface area contributed by atoms with Crippen molar-refractivity contribution in [3.63, 3.8) is 0 Å². The van der Waals surface area contributed by atoms with Crippen LogP contribution >= 0.6 is 0 Å². The van der Waals surface area contributed by atoms with Gasteiger partial charge in [-0.3, -0.25) is 9.48 Å². The molecule has 1 atom stereocenters. The standard InChI is InChI=1S/C23H30N6O/c1-16-9-10-18-19(14-16)25-22(24-18)21-8-5-12-29(21)23(30)20-15-28(27-26-20)13-11-17-6-3-2-4-7-17/h9-10,14-15,17,21H,2-8,11-13H2,1H3,(H,24,25). The maximum absolute atomic E-state index is 13.2. The predicted molar refractivity (Wildman–Crippen MR) is 115 cm³/mol. The molecule has 2 fully saturated rings. The van der Waals surface area contributed by atoms with Gasteiger partial charge in [-0.1, -0.05) is 43.4 Å². The number of fused-ring (bicyclic) bond motifs is 1. The average Bonchev–Trinajstić information content (AvgIpc) is 3.50. The molecule has 0 spiro atoms. The number of amides is 1. The molecule has 1 amide bonds. The number of rotatable bonds is 5. The van der Waals surface area contributed by atoms with Crippen molar-refractivity contribution >= 4 is 16.9 Å². The van der Waals surface area contributed by atoms with Gasteiger partial charge in [-0.2, -0.15) is 0 Å². The Kier molecular flexibility index (Phi) is 5.27. The molecule has 158 valence electrons. The van der Waals surface area contributed by atoms with Gasteiger partial charge in [0.15, 0.2) is 5.69 Å². The van der Waals surface area contributed by atoms with Crippen LogP contribution in [0.25, 0.3) is 11.0 Å². The minimum Gasteiger partial charge on any atom is -0.340 e. The lowest BCUT2D eigenvalue weighted by Crippen LogP contribution is -2.31. The second kappa shape index (κ2) is 8.20. The Morgan fingerprint density at radius 1 is 1.17 bits per heavy atom. The molecular formula is C23H30N6O. The Morgan fingerprint density at radius 3 is 2.90 bits per heavy atom. The SMILES string of the molecule is Cc1ccc2nc(C3CCCN3C(=O)c3cn(CCC4CCCCC4)nn3)[nH]c2c1. The normalized spacial score (nSPS) is 20.3. The van der Waals surface area contributed by atoms with E-state index in [1.165, 1.54) is 37.7 Å². The van der Waals surface area contributed by atoms with Crippen molar-refractivity contribution < 1.29 is 4.79 Å². The molecule has 1 saturated heterocycles. The second-order valence-electron chi connectivity index (χ2n) is 8.96. The number of aromatic amines is 1. The Balaban J connectivity index is 1.28. The van der Waals surface area contributed by atoms with Crippen LogP contribution in [0, 0.1) is 12.8 Å². The number of nitrogens with one attached hydrogen (secondary N) is 1. The van der Waals surface area contributed by atoms with Gasteiger partial charge in [0.1, 0.15) is 5.82 Å². The van der Waals surface area contributed by atoms with Gasteiger partial charge >= 0.3 is 0 Å². The first kappa shape index (κ1) is 19.3. The fourth-order valence-electron chi connectivity index (χ4n) is 5.04. The number of imidazole rings is 1. The Hall–Kier alpha value is -2.70. The van der Waals surface area contributed by atoms with Gasteiger partial charge in [-0.15, -0.1) is 5.10 Å². The molecule has 7 heteroatoms. The van der Waals surface area contributed by atoms with E-state index in [9.17, 15) is 4.79 Å². The largest absolute Gasteiger partial charge is 0.340 e. The van der Waals surface area contributed by atoms with Gasteiger partial charge in [-0.25, -0.2) is 4.98 Å². The lowest BCUT2D eigenvalue weighted by molar-refractivity contribution is 0.0724. The molecule has 7 nitrogen and oxygen atoms in total. The highest BCUT2D eigenvalue weighted by Crippen LogP contribution is 2.32. The van der Waals surface area contributed by atoms with E-state index in [4.69, 9.17) is 4.98 Å². The zero-order valence-electron chi connectivity index (χ0n) is 17.7. The van der Waals surface area contributed by atoms with Gasteiger partial charge in [0.05, 0.1) is 23.3 Å². The van der Waals surface area contributed by atoms with Crippen molar-refractivity contribution in [3.8, 4) is 0 Å². The fourth-order valence-corrected chi connectivity index (χ4v) is 5.04. The van der Waals surface area contributed by atoms with E-state index in [0.29, 0.717) is 5.69 Å². The van der Waals surface area contributed by atoms with E-state index in [-0.39, 0.29) is 11.9 Å². The number of nitrogens with zero attached hydrogens (tertiary/aromatic N) is 5. The lowest BCUT2D eigenvalue weighted by Gasteiger charge is -2.22. The van der Waals surface area contributed by atoms with Crippen LogP contribution in [0.2, 0.25) is 0 Å². The summed E-state index contributed by atoms with van der Waals surface area (Å²) in [6, 6.07) is 6.17. The topological polar surface area (TPSA) is 79.7 Å². The number of hydrogen-bond donors (Lipinski definition) is 1. The summed E-state index contributed by atoms with van der Waals surface area (Å²) in [6.45, 7) is 3.65. The molecule has 1 N–H and O–H groups in total. The lowest BCUT2D eigenvalue weighted by atomic mass is 9.87. The number of likely N-dealkylation sites (tertiary alicyclic amines) is 1. The number of carbonyl (C=O) groups is 1. The van der Waals surface area contributed by atoms with Crippen molar-refractivity contribution in [2.24, 2.45) is 5.92 Å². The molecule has 0 bridgehead atoms. The van der Waals surface area contributed by atoms with E-state index in [2.05, 4.69) is 34.4 Å². The summed E-state index contributed by atoms with van der Waals surface area (Å²) in [5.41, 5.74) is 3.61. The van der Waals surface area contributed by atoms with E-state index >= 15 is 0 Å². The highest BCUT2D eigenvalue weighted by molar-refractivity contribution is 5.92. The number of aromatic nitrogens is 5. The quantitative estimate of drug-likeness (QED) is 0.681. The first-order chi connectivity index (χ1) is 14.7. The van der Waals surface area contributed by atoms with Crippen LogP contribution < -0.4 is 0 Å². The molecule has 5 rings (SSSR count). The minimum atomic E-state index is -0.0435. The highest BCUT2D eigenvalue weighted by Gasteiger charge is 2.34. The van der Waals surface area contributed by atoms with Gasteiger partial charge < -0.3 is 9.88 Å². The van der Waals surface area contributed by atoms with Gasteiger partial charge in [0.25, 0.3) is 5.91 Å². The monoisotopic (exact) mass is 406 g/mol. The summed E-state index contributed by atoms with van der Waals surface area (Å²) in [5, 5.41) is 8.43. The zero-order chi connectivity index (χ0) is 20.5. The minimum absolute atomic E-state index is 0.0300. The number of aryl methyl sites for hydroxylation is 2. The second-order valence-corrected chi connectivity index (χ2v) is 8.96. The van der Waals surface area contributed by atoms with E-state index in [0.717, 1.165) is 55.1 Å². The summed E-state index contributed by atoms with van der Waals surface area (Å²) in [6.07, 6.45) is 11.6. The molecule has 3 aromatic rings. The van der Waals surface area contributed by atoms with E-state index in [1.807, 2.05) is 21.8 Å². The first-order valence-corrected chi connectivity index (χ1v) is 11.3. The van der Waals surface area contributed by atoms with E-state index < -0.39 is 0 Å². The van der Waals surface area contributed by atoms with Crippen LogP contribution in [0.5, 0.6) is 0 Å². The predicted octanol–water partition coefficient (Wildman–Crippen LogP) is 4.41. The average molecular weight is 407 g/mol. The molecule has 1 aliphatic carbocycles. The third-order valence-corrected chi connectivity index (χ3v) is 6.73. The number of carbonyl (C=O) groups excluding carboxylic acids is 1. The number of H-pyrrole nitrogens is 1. The third-order valence-electron chi connectivity index (χ3n) is 6.73. The van der Waals surface area contributed by atoms with Gasteiger partial charge in [0.2, 0.25) is 0 Å². The molecule has 1 unspecified atom stereocenters. The first-order valence-electron chi connectivity index (χ1n) is 11.3. The molecule has 1 aromatic carbocycles. The van der Waals surface area contributed by atoms with Gasteiger partial charge in [0, 0.05) is 13.1 Å². The molecule has 2 aromatic heterocycles. The van der Waals surface area contributed by atoms with Crippen molar-refractivity contribution in [1.82, 2.24) is 29.9 Å². The third kappa shape index (κ3) is 3.85. The molecule has 2 aliphatic rings. The Morgan fingerprint density at radius 2 is 2.03 bits per heavy atom. The van der Waals surface area contributed by atoms with Crippen molar-refractivity contribution in [2.45, 2.75) is 70.9 Å². The number of benzene rings is 1. The maximum atomic E-state index is 13.2. The zero-order valence-corrected chi connectivity index (χ0v) is 17.7. The smallest absolute Gasteiger partial charge is 0.276 e. The van der Waals surface area contributed by atoms with Crippen LogP contribution in [0.4, 0.5) is 0 Å². The van der Waals surface area contributed by atoms with E-state index in [1.54, 1.807) is 0 Å². The van der Waals surface area contributed by atoms with Crippen molar-refractivity contribution in [3.05, 3.63) is 41.5 Å². The molecule has 30 heavy (non-hydrogen) atoms. The highest BCUT2D eigenvalue weighted by atomic mass is 16.2. The molecule has 0 radical (unpaired) electrons. The number of hydrogen-bond acceptors (Lipinski definition) is 4.